The average molecular weight is 328 g/mol. The van der Waals surface area contributed by atoms with E-state index >= 15 is 0 Å². The molecular weight excluding hydrogens is 314 g/mol. The summed E-state index contributed by atoms with van der Waals surface area (Å²) in [5.41, 5.74) is 3.21. The third kappa shape index (κ3) is 4.36. The molecule has 21 heavy (non-hydrogen) atoms. The van der Waals surface area contributed by atoms with Gasteiger partial charge in [0.05, 0.1) is 12.4 Å². The lowest BCUT2D eigenvalue weighted by molar-refractivity contribution is 0.580. The van der Waals surface area contributed by atoms with Crippen molar-refractivity contribution in [2.45, 2.75) is 11.3 Å². The first-order valence-corrected chi connectivity index (χ1v) is 7.90. The number of sulfonamides is 1. The van der Waals surface area contributed by atoms with Gasteiger partial charge in [0.1, 0.15) is 4.90 Å². The number of hydrazine groups is 1. The van der Waals surface area contributed by atoms with E-state index in [0.717, 1.165) is 5.56 Å². The average Bonchev–Trinajstić information content (AvgIpc) is 2.49. The zero-order valence-corrected chi connectivity index (χ0v) is 12.5. The van der Waals surface area contributed by atoms with Crippen LogP contribution in [0.15, 0.2) is 41.6 Å². The van der Waals surface area contributed by atoms with Crippen LogP contribution < -0.4 is 16.0 Å². The Hall–Kier alpha value is -1.74. The predicted molar refractivity (Wildman–Crippen MR) is 80.2 cm³/mol. The number of aromatic nitrogens is 2. The van der Waals surface area contributed by atoms with Gasteiger partial charge in [-0.3, -0.25) is 5.43 Å². The van der Waals surface area contributed by atoms with E-state index in [-0.39, 0.29) is 17.4 Å². The molecule has 4 N–H and O–H groups in total. The summed E-state index contributed by atoms with van der Waals surface area (Å²) >= 11 is 5.78. The zero-order valence-electron chi connectivity index (χ0n) is 11.0. The van der Waals surface area contributed by atoms with Crippen LogP contribution >= 0.6 is 11.6 Å². The summed E-state index contributed by atoms with van der Waals surface area (Å²) in [7, 11) is -3.63. The molecule has 0 unspecified atom stereocenters. The molecule has 0 saturated carbocycles. The molecule has 0 fully saturated rings. The number of nitrogens with zero attached hydrogens (tertiary/aromatic N) is 2. The number of nitrogens with two attached hydrogens (primary N) is 1. The van der Waals surface area contributed by atoms with Crippen LogP contribution in [0, 0.1) is 0 Å². The zero-order chi connectivity index (χ0) is 15.3. The van der Waals surface area contributed by atoms with Crippen LogP contribution in [0.5, 0.6) is 0 Å². The van der Waals surface area contributed by atoms with Gasteiger partial charge in [-0.15, -0.1) is 0 Å². The Bertz CT molecular complexity index is 689. The van der Waals surface area contributed by atoms with Gasteiger partial charge in [-0.1, -0.05) is 23.7 Å². The smallest absolute Gasteiger partial charge is 0.243 e. The van der Waals surface area contributed by atoms with Crippen molar-refractivity contribution in [3.05, 3.63) is 47.2 Å². The van der Waals surface area contributed by atoms with Gasteiger partial charge >= 0.3 is 0 Å². The summed E-state index contributed by atoms with van der Waals surface area (Å²) in [4.78, 5) is 7.50. The number of anilines is 1. The molecule has 0 spiro atoms. The molecule has 2 aromatic rings. The fourth-order valence-corrected chi connectivity index (χ4v) is 2.64. The second-order valence-corrected chi connectivity index (χ2v) is 6.36. The minimum absolute atomic E-state index is 0.0161. The van der Waals surface area contributed by atoms with Crippen molar-refractivity contribution in [1.82, 2.24) is 14.7 Å². The summed E-state index contributed by atoms with van der Waals surface area (Å²) in [6.45, 7) is 0.265. The highest BCUT2D eigenvalue weighted by molar-refractivity contribution is 7.89. The Balaban J connectivity index is 1.95. The van der Waals surface area contributed by atoms with E-state index in [9.17, 15) is 8.42 Å². The van der Waals surface area contributed by atoms with Crippen molar-refractivity contribution < 1.29 is 8.42 Å². The van der Waals surface area contributed by atoms with Crippen LogP contribution in [0.3, 0.4) is 0 Å². The Morgan fingerprint density at radius 3 is 2.33 bits per heavy atom. The summed E-state index contributed by atoms with van der Waals surface area (Å²) in [5, 5.41) is 0.644. The summed E-state index contributed by atoms with van der Waals surface area (Å²) < 4.78 is 26.5. The molecule has 1 aromatic carbocycles. The van der Waals surface area contributed by atoms with Crippen molar-refractivity contribution in [2.75, 3.05) is 12.0 Å². The molecule has 0 bridgehead atoms. The highest BCUT2D eigenvalue weighted by Gasteiger charge is 2.14. The molecule has 2 rings (SSSR count). The van der Waals surface area contributed by atoms with Gasteiger partial charge in [0.25, 0.3) is 0 Å². The third-order valence-corrected chi connectivity index (χ3v) is 4.35. The highest BCUT2D eigenvalue weighted by atomic mass is 35.5. The number of rotatable bonds is 6. The predicted octanol–water partition coefficient (Wildman–Crippen LogP) is 0.937. The Labute approximate surface area is 127 Å². The van der Waals surface area contributed by atoms with E-state index in [2.05, 4.69) is 20.1 Å². The van der Waals surface area contributed by atoms with Crippen LogP contribution in [0.25, 0.3) is 0 Å². The number of hydrogen-bond donors (Lipinski definition) is 3. The van der Waals surface area contributed by atoms with Crippen molar-refractivity contribution in [2.24, 2.45) is 5.84 Å². The third-order valence-electron chi connectivity index (χ3n) is 2.69. The van der Waals surface area contributed by atoms with Gasteiger partial charge in [0.15, 0.2) is 0 Å². The number of halogens is 1. The van der Waals surface area contributed by atoms with Crippen molar-refractivity contribution >= 4 is 27.6 Å². The highest BCUT2D eigenvalue weighted by Crippen LogP contribution is 2.10. The molecule has 0 radical (unpaired) electrons. The Morgan fingerprint density at radius 2 is 1.76 bits per heavy atom. The largest absolute Gasteiger partial charge is 0.292 e. The van der Waals surface area contributed by atoms with Gasteiger partial charge in [0.2, 0.25) is 16.0 Å². The molecule has 1 heterocycles. The fraction of sp³-hybridized carbons (Fsp3) is 0.167. The van der Waals surface area contributed by atoms with Crippen LogP contribution in [0.4, 0.5) is 5.95 Å². The maximum absolute atomic E-state index is 12.0. The number of nitrogen functional groups attached to an aromatic ring is 1. The van der Waals surface area contributed by atoms with Crippen LogP contribution in [0.1, 0.15) is 5.56 Å². The number of hydrogen-bond acceptors (Lipinski definition) is 6. The SMILES string of the molecule is NNc1ncc(S(=O)(=O)NCCc2ccc(Cl)cc2)cn1. The first-order chi connectivity index (χ1) is 10.0. The molecule has 112 valence electrons. The summed E-state index contributed by atoms with van der Waals surface area (Å²) in [5.74, 6) is 5.26. The fourth-order valence-electron chi connectivity index (χ4n) is 1.59. The standard InChI is InChI=1S/C12H14ClN5O2S/c13-10-3-1-9(2-4-10)5-6-17-21(19,20)11-7-15-12(18-14)16-8-11/h1-4,7-8,17H,5-6,14H2,(H,15,16,18). The minimum Gasteiger partial charge on any atom is -0.292 e. The first kappa shape index (κ1) is 15.6. The van der Waals surface area contributed by atoms with Crippen molar-refractivity contribution in [3.63, 3.8) is 0 Å². The Morgan fingerprint density at radius 1 is 1.14 bits per heavy atom. The molecule has 0 amide bonds. The molecule has 1 aromatic heterocycles. The van der Waals surface area contributed by atoms with E-state index in [1.807, 2.05) is 12.1 Å². The van der Waals surface area contributed by atoms with Crippen LogP contribution in [-0.4, -0.2) is 24.9 Å². The molecule has 0 aliphatic heterocycles. The lowest BCUT2D eigenvalue weighted by atomic mass is 10.2. The molecular formula is C12H14ClN5O2S. The Kier molecular flexibility index (Phi) is 5.07. The normalized spacial score (nSPS) is 11.3. The van der Waals surface area contributed by atoms with E-state index in [1.165, 1.54) is 12.4 Å². The van der Waals surface area contributed by atoms with Crippen LogP contribution in [-0.2, 0) is 16.4 Å². The molecule has 9 heteroatoms. The molecule has 0 aliphatic rings. The second-order valence-electron chi connectivity index (χ2n) is 4.16. The van der Waals surface area contributed by atoms with E-state index in [4.69, 9.17) is 17.4 Å². The van der Waals surface area contributed by atoms with Gasteiger partial charge < -0.3 is 0 Å². The van der Waals surface area contributed by atoms with E-state index in [0.29, 0.717) is 11.4 Å². The monoisotopic (exact) mass is 327 g/mol. The molecule has 0 saturated heterocycles. The lowest BCUT2D eigenvalue weighted by Gasteiger charge is -2.07. The van der Waals surface area contributed by atoms with Gasteiger partial charge in [-0.2, -0.15) is 0 Å². The lowest BCUT2D eigenvalue weighted by Crippen LogP contribution is -2.26. The molecule has 7 nitrogen and oxygen atoms in total. The van der Waals surface area contributed by atoms with Gasteiger partial charge in [-0.25, -0.2) is 29.0 Å². The summed E-state index contributed by atoms with van der Waals surface area (Å²) in [6, 6.07) is 7.22. The topological polar surface area (TPSA) is 110 Å². The second kappa shape index (κ2) is 6.81. The van der Waals surface area contributed by atoms with E-state index < -0.39 is 10.0 Å². The van der Waals surface area contributed by atoms with E-state index in [1.54, 1.807) is 12.1 Å². The summed E-state index contributed by atoms with van der Waals surface area (Å²) in [6.07, 6.45) is 2.93. The quantitative estimate of drug-likeness (QED) is 0.538. The van der Waals surface area contributed by atoms with Gasteiger partial charge in [0, 0.05) is 11.6 Å². The maximum atomic E-state index is 12.0. The minimum atomic E-state index is -3.63. The first-order valence-electron chi connectivity index (χ1n) is 6.04. The molecule has 0 atom stereocenters. The molecule has 0 aliphatic carbocycles. The number of benzene rings is 1. The maximum Gasteiger partial charge on any atom is 0.243 e. The van der Waals surface area contributed by atoms with Crippen LogP contribution in [0.2, 0.25) is 5.02 Å². The van der Waals surface area contributed by atoms with Gasteiger partial charge in [-0.05, 0) is 24.1 Å². The van der Waals surface area contributed by atoms with Crippen molar-refractivity contribution in [1.29, 1.82) is 0 Å². The van der Waals surface area contributed by atoms with Crippen molar-refractivity contribution in [3.8, 4) is 0 Å². The number of nitrogens with one attached hydrogen (secondary N) is 2.